The van der Waals surface area contributed by atoms with Gasteiger partial charge < -0.3 is 25.4 Å². The van der Waals surface area contributed by atoms with Gasteiger partial charge in [0.1, 0.15) is 5.76 Å². The van der Waals surface area contributed by atoms with Crippen molar-refractivity contribution >= 4 is 77.5 Å². The summed E-state index contributed by atoms with van der Waals surface area (Å²) < 4.78 is 0. The number of benzene rings is 9. The number of allylic oxidation sites excluding steroid dienone is 8. The normalized spacial score (nSPS) is 10.9. The van der Waals surface area contributed by atoms with E-state index in [2.05, 4.69) is 200 Å². The minimum absolute atomic E-state index is 0. The zero-order chi connectivity index (χ0) is 76.8. The van der Waals surface area contributed by atoms with Crippen molar-refractivity contribution in [3.05, 3.63) is 325 Å². The molecule has 16 heteroatoms. The van der Waals surface area contributed by atoms with E-state index in [9.17, 15) is 24.3 Å². The number of aromatic nitrogens is 4. The van der Waals surface area contributed by atoms with Crippen molar-refractivity contribution in [2.75, 3.05) is 0 Å². The van der Waals surface area contributed by atoms with Crippen molar-refractivity contribution in [3.63, 3.8) is 0 Å². The van der Waals surface area contributed by atoms with Crippen molar-refractivity contribution in [1.82, 2.24) is 19.9 Å². The largest absolute Gasteiger partial charge is 0.512 e. The molecule has 0 spiro atoms. The van der Waals surface area contributed by atoms with E-state index in [1.807, 2.05) is 139 Å². The molecule has 0 unspecified atom stereocenters. The summed E-state index contributed by atoms with van der Waals surface area (Å²) in [6, 6.07) is 91.1. The maximum atomic E-state index is 11.5. The molecule has 13 rings (SSSR count). The van der Waals surface area contributed by atoms with Crippen LogP contribution in [0, 0.1) is 55.9 Å². The molecule has 4 N–H and O–H groups in total. The Hall–Kier alpha value is -9.68. The molecule has 0 bridgehead atoms. The van der Waals surface area contributed by atoms with Crippen LogP contribution in [0.25, 0.3) is 99.3 Å². The third-order valence-electron chi connectivity index (χ3n) is 15.1. The van der Waals surface area contributed by atoms with Crippen molar-refractivity contribution in [2.24, 2.45) is 10.8 Å². The molecule has 0 fully saturated rings. The fraction of sp³-hybridized carbons (Fsp3) is 0.183. The van der Waals surface area contributed by atoms with Gasteiger partial charge in [-0.25, -0.2) is 0 Å². The molecule has 572 valence electrons. The number of carbonyl (C=O) groups is 4. The number of hydrogen-bond donors (Lipinski definition) is 4. The number of carbonyl (C=O) groups excluding carboxylic acids is 4. The van der Waals surface area contributed by atoms with Crippen LogP contribution >= 0.6 is 0 Å². The number of pyridine rings is 4. The Bertz CT molecular complexity index is 4970. The molecule has 12 nitrogen and oxygen atoms in total. The Morgan fingerprint density at radius 1 is 0.349 bits per heavy atom. The summed E-state index contributed by atoms with van der Waals surface area (Å²) in [5.74, 6) is -0.0835. The van der Waals surface area contributed by atoms with Crippen LogP contribution in [0.1, 0.15) is 99.8 Å². The maximum absolute atomic E-state index is 11.5. The molecule has 0 aliphatic rings. The predicted octanol–water partition coefficient (Wildman–Crippen LogP) is 23.1. The van der Waals surface area contributed by atoms with E-state index in [1.54, 1.807) is 0 Å². The average molecular weight is 2160 g/mol. The number of hydrogen-bond acceptors (Lipinski definition) is 12. The van der Waals surface area contributed by atoms with E-state index < -0.39 is 5.41 Å². The molecule has 0 amide bonds. The van der Waals surface area contributed by atoms with Crippen molar-refractivity contribution in [1.29, 1.82) is 0 Å². The number of aliphatic hydroxyl groups excluding tert-OH is 4. The minimum atomic E-state index is -0.417. The van der Waals surface area contributed by atoms with Crippen LogP contribution in [-0.4, -0.2) is 63.5 Å². The van der Waals surface area contributed by atoms with Crippen LogP contribution < -0.4 is 0 Å². The Morgan fingerprint density at radius 3 is 1.11 bits per heavy atom. The first kappa shape index (κ1) is 95.4. The fourth-order valence-electron chi connectivity index (χ4n) is 9.84. The first-order chi connectivity index (χ1) is 49.8. The predicted molar refractivity (Wildman–Crippen MR) is 432 cm³/mol. The van der Waals surface area contributed by atoms with E-state index >= 15 is 0 Å². The SMILES string of the molecule is CC(=O)C=C(C)O.CC(=O)C=C(C)O.CC(=O)C=C(C)O.CC(C)(C)C(=O)C=C(O)C(C)(C)C.Cc1ccc2ccc(-c3[c-]ccc(-c4ccccc4)c3)nc2c1.Cc1ccc2ccc(-c3[c-]cccc3)nc2c1.Cc1ccc2ccc(-c3[c-]cccc3)nc2c1.[Ir].[Ir].[Ir].[Ir].[c-]1cccc2ccc3cccnc3c12. The van der Waals surface area contributed by atoms with Gasteiger partial charge in [-0.15, -0.1) is 142 Å². The second-order valence-corrected chi connectivity index (χ2v) is 26.9. The van der Waals surface area contributed by atoms with Crippen molar-refractivity contribution in [3.8, 4) is 44.9 Å². The number of ketones is 4. The molecule has 0 aliphatic carbocycles. The van der Waals surface area contributed by atoms with Gasteiger partial charge in [0.25, 0.3) is 0 Å². The fourth-order valence-corrected chi connectivity index (χ4v) is 9.84. The van der Waals surface area contributed by atoms with E-state index in [4.69, 9.17) is 20.3 Å². The molecule has 0 aliphatic heterocycles. The van der Waals surface area contributed by atoms with Gasteiger partial charge in [-0.05, 0) is 153 Å². The molecule has 4 aromatic heterocycles. The number of aliphatic hydroxyl groups is 4. The van der Waals surface area contributed by atoms with Crippen LogP contribution in [0.15, 0.2) is 284 Å². The number of nitrogens with zero attached hydrogens (tertiary/aromatic N) is 4. The van der Waals surface area contributed by atoms with Crippen molar-refractivity contribution in [2.45, 2.75) is 104 Å². The second-order valence-electron chi connectivity index (χ2n) is 26.9. The summed E-state index contributed by atoms with van der Waals surface area (Å²) in [7, 11) is 0. The minimum Gasteiger partial charge on any atom is -0.512 e. The summed E-state index contributed by atoms with van der Waals surface area (Å²) in [6.07, 6.45) is 6.66. The Labute approximate surface area is 696 Å². The molecule has 0 saturated carbocycles. The van der Waals surface area contributed by atoms with Crippen LogP contribution in [0.3, 0.4) is 0 Å². The first-order valence-corrected chi connectivity index (χ1v) is 34.2. The van der Waals surface area contributed by atoms with Gasteiger partial charge in [0, 0.05) is 122 Å². The maximum Gasteiger partial charge on any atom is 0.164 e. The van der Waals surface area contributed by atoms with Crippen LogP contribution in [0.5, 0.6) is 0 Å². The van der Waals surface area contributed by atoms with Gasteiger partial charge in [-0.2, -0.15) is 0 Å². The van der Waals surface area contributed by atoms with Gasteiger partial charge in [0.2, 0.25) is 0 Å². The third-order valence-corrected chi connectivity index (χ3v) is 15.1. The van der Waals surface area contributed by atoms with Gasteiger partial charge >= 0.3 is 0 Å². The quantitative estimate of drug-likeness (QED) is 0.0486. The second kappa shape index (κ2) is 47.3. The molecule has 0 atom stereocenters. The van der Waals surface area contributed by atoms with Gasteiger partial charge in [0.05, 0.1) is 33.8 Å². The molecule has 4 heterocycles. The summed E-state index contributed by atoms with van der Waals surface area (Å²) in [6.45, 7) is 25.9. The van der Waals surface area contributed by atoms with Crippen molar-refractivity contribution < 1.29 is 120 Å². The summed E-state index contributed by atoms with van der Waals surface area (Å²) in [4.78, 5) is 60.1. The van der Waals surface area contributed by atoms with Crippen LogP contribution in [-0.2, 0) is 99.6 Å². The average Bonchev–Trinajstić information content (AvgIpc) is 0.807. The summed E-state index contributed by atoms with van der Waals surface area (Å²) in [5, 5.41) is 41.6. The zero-order valence-electron chi connectivity index (χ0n) is 63.9. The summed E-state index contributed by atoms with van der Waals surface area (Å²) >= 11 is 0. The van der Waals surface area contributed by atoms with Crippen LogP contribution in [0.4, 0.5) is 0 Å². The smallest absolute Gasteiger partial charge is 0.164 e. The monoisotopic (exact) mass is 2160 g/mol. The van der Waals surface area contributed by atoms with E-state index in [1.165, 1.54) is 121 Å². The third kappa shape index (κ3) is 33.4. The molecule has 13 aromatic rings. The van der Waals surface area contributed by atoms with E-state index in [0.29, 0.717) is 0 Å². The van der Waals surface area contributed by atoms with Gasteiger partial charge in [-0.1, -0.05) is 163 Å². The zero-order valence-corrected chi connectivity index (χ0v) is 73.5. The molecular weight excluding hydrogens is 2070 g/mol. The Morgan fingerprint density at radius 2 is 0.725 bits per heavy atom. The van der Waals surface area contributed by atoms with Gasteiger partial charge in [-0.3, -0.25) is 34.1 Å². The summed E-state index contributed by atoms with van der Waals surface area (Å²) in [5.41, 5.74) is 15.5. The Kier molecular flexibility index (Phi) is 41.4. The number of rotatable bonds is 8. The Balaban J connectivity index is 0.000000435. The van der Waals surface area contributed by atoms with E-state index in [0.717, 1.165) is 61.2 Å². The topological polar surface area (TPSA) is 201 Å². The number of aryl methyl sites for hydroxylation is 3. The van der Waals surface area contributed by atoms with E-state index in [-0.39, 0.29) is 132 Å². The molecular formula is C93H92Ir4N4O8-4. The first-order valence-electron chi connectivity index (χ1n) is 34.2. The van der Waals surface area contributed by atoms with Crippen LogP contribution in [0.2, 0.25) is 0 Å². The standard InChI is InChI=1S/C22H16N.2C16H12N.C13H8N.C11H20O2.3C5H8O2.4Ir/c1-16-10-11-18-12-13-21(23-22(18)14-16)20-9-5-8-19(15-20)17-6-3-2-4-7-17;2*1-12-7-8-14-9-10-15(17-16(14)11-12)13-5-3-2-4-6-13;1-2-6-12-10(4-1)7-8-11-5-3-9-14-13(11)12;1-10(2,3)8(12)7-9(13)11(4,5)6;3*1-4(6)3-5(2)7;;;;/h2-8,10-15H,1H3;2*2-5,7-11H,1H3;1-5,7-9H;7,12H,1-6H3;3*3,6H,1-2H3;;;;/q4*-1;;;;;;;;. The number of fused-ring (bicyclic) bond motifs is 6. The van der Waals surface area contributed by atoms with Gasteiger partial charge in [0.15, 0.2) is 23.1 Å². The molecule has 109 heavy (non-hydrogen) atoms. The molecule has 0 saturated heterocycles. The molecule has 9 aromatic carbocycles. The molecule has 4 radical (unpaired) electrons.